The van der Waals surface area contributed by atoms with Crippen molar-refractivity contribution in [2.75, 3.05) is 0 Å². The Balaban J connectivity index is 3.28. The molecule has 0 spiro atoms. The second kappa shape index (κ2) is 11.3. The van der Waals surface area contributed by atoms with E-state index in [4.69, 9.17) is 5.11 Å². The molecule has 0 heterocycles. The van der Waals surface area contributed by atoms with Crippen LogP contribution < -0.4 is 0 Å². The zero-order valence-electron chi connectivity index (χ0n) is 13.3. The molecule has 19 heavy (non-hydrogen) atoms. The molecule has 0 amide bonds. The van der Waals surface area contributed by atoms with Gasteiger partial charge in [0.2, 0.25) is 0 Å². The van der Waals surface area contributed by atoms with Crippen LogP contribution in [0.5, 0.6) is 0 Å². The predicted molar refractivity (Wildman–Crippen MR) is 82.5 cm³/mol. The monoisotopic (exact) mass is 270 g/mol. The number of aliphatic carboxylic acids is 1. The molecule has 0 rings (SSSR count). The third-order valence-corrected chi connectivity index (χ3v) is 3.84. The van der Waals surface area contributed by atoms with E-state index >= 15 is 0 Å². The number of unbranched alkanes of at least 4 members (excludes halogenated alkanes) is 9. The summed E-state index contributed by atoms with van der Waals surface area (Å²) in [4.78, 5) is 10.7. The Morgan fingerprint density at radius 3 is 1.68 bits per heavy atom. The van der Waals surface area contributed by atoms with Crippen LogP contribution in [0.1, 0.15) is 97.8 Å². The van der Waals surface area contributed by atoms with Gasteiger partial charge < -0.3 is 5.11 Å². The Labute approximate surface area is 120 Å². The van der Waals surface area contributed by atoms with Crippen LogP contribution in [0.4, 0.5) is 0 Å². The Kier molecular flexibility index (Phi) is 11.0. The highest BCUT2D eigenvalue weighted by Crippen LogP contribution is 2.27. The van der Waals surface area contributed by atoms with Crippen LogP contribution in [-0.2, 0) is 4.79 Å². The molecule has 0 saturated heterocycles. The van der Waals surface area contributed by atoms with Gasteiger partial charge >= 0.3 is 5.97 Å². The molecule has 0 atom stereocenters. The Bertz CT molecular complexity index is 221. The summed E-state index contributed by atoms with van der Waals surface area (Å²) in [5.74, 6) is -0.669. The lowest BCUT2D eigenvalue weighted by Gasteiger charge is -2.21. The van der Waals surface area contributed by atoms with Crippen LogP contribution in [0.25, 0.3) is 0 Å². The maximum Gasteiger partial charge on any atom is 0.303 e. The van der Waals surface area contributed by atoms with E-state index in [0.29, 0.717) is 6.42 Å². The van der Waals surface area contributed by atoms with E-state index in [0.717, 1.165) is 6.42 Å². The fraction of sp³-hybridized carbons (Fsp3) is 0.941. The SMILES string of the molecule is CCCCCCCCCCCCC(C)(C)CC(=O)O. The average molecular weight is 270 g/mol. The van der Waals surface area contributed by atoms with Crippen LogP contribution in [0, 0.1) is 5.41 Å². The van der Waals surface area contributed by atoms with Crippen molar-refractivity contribution in [2.24, 2.45) is 5.41 Å². The van der Waals surface area contributed by atoms with Gasteiger partial charge in [-0.05, 0) is 11.8 Å². The molecule has 0 aromatic rings. The minimum atomic E-state index is -0.669. The first-order chi connectivity index (χ1) is 8.98. The third kappa shape index (κ3) is 13.7. The number of hydrogen-bond acceptors (Lipinski definition) is 1. The van der Waals surface area contributed by atoms with Gasteiger partial charge in [-0.3, -0.25) is 4.79 Å². The van der Waals surface area contributed by atoms with Crippen molar-refractivity contribution < 1.29 is 9.90 Å². The zero-order chi connectivity index (χ0) is 14.6. The first kappa shape index (κ1) is 18.5. The highest BCUT2D eigenvalue weighted by Gasteiger charge is 2.20. The maximum absolute atomic E-state index is 10.7. The normalized spacial score (nSPS) is 11.7. The van der Waals surface area contributed by atoms with Crippen molar-refractivity contribution in [3.8, 4) is 0 Å². The van der Waals surface area contributed by atoms with Crippen LogP contribution in [0.3, 0.4) is 0 Å². The molecule has 0 radical (unpaired) electrons. The molecule has 0 unspecified atom stereocenters. The van der Waals surface area contributed by atoms with Crippen molar-refractivity contribution in [2.45, 2.75) is 97.8 Å². The summed E-state index contributed by atoms with van der Waals surface area (Å²) in [7, 11) is 0. The topological polar surface area (TPSA) is 37.3 Å². The molecule has 114 valence electrons. The fourth-order valence-corrected chi connectivity index (χ4v) is 2.59. The summed E-state index contributed by atoms with van der Waals surface area (Å²) in [6.45, 7) is 6.38. The second-order valence-corrected chi connectivity index (χ2v) is 6.67. The smallest absolute Gasteiger partial charge is 0.303 e. The third-order valence-electron chi connectivity index (χ3n) is 3.84. The largest absolute Gasteiger partial charge is 0.481 e. The number of rotatable bonds is 13. The van der Waals surface area contributed by atoms with E-state index < -0.39 is 5.97 Å². The summed E-state index contributed by atoms with van der Waals surface area (Å²) < 4.78 is 0. The van der Waals surface area contributed by atoms with Gasteiger partial charge in [-0.15, -0.1) is 0 Å². The highest BCUT2D eigenvalue weighted by molar-refractivity contribution is 5.67. The standard InChI is InChI=1S/C17H34O2/c1-4-5-6-7-8-9-10-11-12-13-14-17(2,3)15-16(18)19/h4-15H2,1-3H3,(H,18,19). The minimum absolute atomic E-state index is 0.0357. The summed E-state index contributed by atoms with van der Waals surface area (Å²) in [5.41, 5.74) is -0.0357. The summed E-state index contributed by atoms with van der Waals surface area (Å²) in [6, 6.07) is 0. The number of carboxylic acid groups (broad SMARTS) is 1. The summed E-state index contributed by atoms with van der Waals surface area (Å²) in [5, 5.41) is 8.81. The van der Waals surface area contributed by atoms with Crippen LogP contribution in [0.2, 0.25) is 0 Å². The van der Waals surface area contributed by atoms with Gasteiger partial charge in [0.15, 0.2) is 0 Å². The van der Waals surface area contributed by atoms with E-state index in [2.05, 4.69) is 20.8 Å². The van der Waals surface area contributed by atoms with Crippen LogP contribution >= 0.6 is 0 Å². The van der Waals surface area contributed by atoms with Gasteiger partial charge in [-0.1, -0.05) is 85.0 Å². The quantitative estimate of drug-likeness (QED) is 0.429. The molecule has 0 aromatic heterocycles. The van der Waals surface area contributed by atoms with Gasteiger partial charge in [-0.2, -0.15) is 0 Å². The summed E-state index contributed by atoms with van der Waals surface area (Å²) in [6.07, 6.45) is 14.7. The van der Waals surface area contributed by atoms with Crippen LogP contribution in [-0.4, -0.2) is 11.1 Å². The molecule has 1 N–H and O–H groups in total. The van der Waals surface area contributed by atoms with Gasteiger partial charge in [0.25, 0.3) is 0 Å². The molecule has 0 aromatic carbocycles. The lowest BCUT2D eigenvalue weighted by atomic mass is 9.83. The first-order valence-electron chi connectivity index (χ1n) is 8.20. The molecule has 0 saturated carbocycles. The molecule has 2 nitrogen and oxygen atoms in total. The van der Waals surface area contributed by atoms with Gasteiger partial charge in [0, 0.05) is 0 Å². The molecular formula is C17H34O2. The minimum Gasteiger partial charge on any atom is -0.481 e. The van der Waals surface area contributed by atoms with Crippen molar-refractivity contribution in [1.29, 1.82) is 0 Å². The molecule has 0 fully saturated rings. The van der Waals surface area contributed by atoms with E-state index in [1.54, 1.807) is 0 Å². The predicted octanol–water partition coefficient (Wildman–Crippen LogP) is 5.80. The Morgan fingerprint density at radius 2 is 1.26 bits per heavy atom. The van der Waals surface area contributed by atoms with E-state index in [1.165, 1.54) is 64.2 Å². The first-order valence-corrected chi connectivity index (χ1v) is 8.20. The van der Waals surface area contributed by atoms with E-state index in [1.807, 2.05) is 0 Å². The molecule has 0 aliphatic rings. The molecule has 0 aliphatic carbocycles. The van der Waals surface area contributed by atoms with Gasteiger partial charge in [0.05, 0.1) is 6.42 Å². The number of carboxylic acids is 1. The number of carbonyl (C=O) groups is 1. The van der Waals surface area contributed by atoms with Crippen molar-refractivity contribution in [1.82, 2.24) is 0 Å². The molecular weight excluding hydrogens is 236 g/mol. The van der Waals surface area contributed by atoms with Crippen molar-refractivity contribution in [3.05, 3.63) is 0 Å². The fourth-order valence-electron chi connectivity index (χ4n) is 2.59. The van der Waals surface area contributed by atoms with Crippen molar-refractivity contribution >= 4 is 5.97 Å². The summed E-state index contributed by atoms with van der Waals surface area (Å²) >= 11 is 0. The van der Waals surface area contributed by atoms with E-state index in [-0.39, 0.29) is 5.41 Å². The lowest BCUT2D eigenvalue weighted by molar-refractivity contribution is -0.139. The Hall–Kier alpha value is -0.530. The molecule has 0 aliphatic heterocycles. The molecule has 0 bridgehead atoms. The van der Waals surface area contributed by atoms with Crippen molar-refractivity contribution in [3.63, 3.8) is 0 Å². The number of hydrogen-bond donors (Lipinski definition) is 1. The lowest BCUT2D eigenvalue weighted by Crippen LogP contribution is -2.16. The van der Waals surface area contributed by atoms with Crippen LogP contribution in [0.15, 0.2) is 0 Å². The van der Waals surface area contributed by atoms with E-state index in [9.17, 15) is 4.79 Å². The van der Waals surface area contributed by atoms with Gasteiger partial charge in [-0.25, -0.2) is 0 Å². The zero-order valence-corrected chi connectivity index (χ0v) is 13.3. The Morgan fingerprint density at radius 1 is 0.842 bits per heavy atom. The molecule has 2 heteroatoms. The average Bonchev–Trinajstić information content (AvgIpc) is 2.30. The second-order valence-electron chi connectivity index (χ2n) is 6.67. The van der Waals surface area contributed by atoms with Gasteiger partial charge in [0.1, 0.15) is 0 Å². The maximum atomic E-state index is 10.7. The highest BCUT2D eigenvalue weighted by atomic mass is 16.4.